The molecule has 3 heterocycles. The van der Waals surface area contributed by atoms with Crippen molar-refractivity contribution in [1.82, 2.24) is 24.9 Å². The summed E-state index contributed by atoms with van der Waals surface area (Å²) in [4.78, 5) is 20.9. The number of nitrogens with zero attached hydrogens (tertiary/aromatic N) is 5. The van der Waals surface area contributed by atoms with E-state index in [1.165, 1.54) is 0 Å². The van der Waals surface area contributed by atoms with Gasteiger partial charge in [-0.2, -0.15) is 9.97 Å². The fourth-order valence-corrected chi connectivity index (χ4v) is 1.61. The van der Waals surface area contributed by atoms with E-state index in [0.717, 1.165) is 0 Å². The van der Waals surface area contributed by atoms with E-state index in [1.807, 2.05) is 36.4 Å². The highest BCUT2D eigenvalue weighted by molar-refractivity contribution is 5.57. The van der Waals surface area contributed by atoms with Crippen LogP contribution in [0.15, 0.2) is 48.8 Å². The Bertz CT molecular complexity index is 626. The Labute approximate surface area is 109 Å². The lowest BCUT2D eigenvalue weighted by atomic mass is 10.3. The first kappa shape index (κ1) is 11.2. The lowest BCUT2D eigenvalue weighted by Gasteiger charge is -2.03. The number of rotatable bonds is 2. The van der Waals surface area contributed by atoms with Crippen LogP contribution in [-0.2, 0) is 0 Å². The van der Waals surface area contributed by atoms with Gasteiger partial charge in [0.25, 0.3) is 0 Å². The first-order valence-corrected chi connectivity index (χ1v) is 5.67. The number of anilines is 1. The minimum atomic E-state index is 0.149. The lowest BCUT2D eigenvalue weighted by Crippen LogP contribution is -2.03. The number of hydrogen-bond donors (Lipinski definition) is 1. The molecule has 0 saturated carbocycles. The summed E-state index contributed by atoms with van der Waals surface area (Å²) < 4.78 is 0. The minimum Gasteiger partial charge on any atom is -0.368 e. The largest absolute Gasteiger partial charge is 0.368 e. The van der Waals surface area contributed by atoms with Crippen LogP contribution in [-0.4, -0.2) is 24.9 Å². The Morgan fingerprint density at radius 2 is 1.21 bits per heavy atom. The van der Waals surface area contributed by atoms with E-state index >= 15 is 0 Å². The van der Waals surface area contributed by atoms with E-state index in [4.69, 9.17) is 5.73 Å². The molecule has 3 rings (SSSR count). The van der Waals surface area contributed by atoms with Crippen molar-refractivity contribution in [1.29, 1.82) is 0 Å². The van der Waals surface area contributed by atoms with Crippen molar-refractivity contribution in [3.05, 3.63) is 48.8 Å². The summed E-state index contributed by atoms with van der Waals surface area (Å²) in [5, 5.41) is 0. The predicted octanol–water partition coefficient (Wildman–Crippen LogP) is 1.58. The quantitative estimate of drug-likeness (QED) is 0.742. The smallest absolute Gasteiger partial charge is 0.224 e. The zero-order valence-electron chi connectivity index (χ0n) is 9.93. The van der Waals surface area contributed by atoms with Gasteiger partial charge >= 0.3 is 0 Å². The third-order valence-corrected chi connectivity index (χ3v) is 2.44. The van der Waals surface area contributed by atoms with E-state index in [-0.39, 0.29) is 5.95 Å². The molecule has 3 aromatic heterocycles. The summed E-state index contributed by atoms with van der Waals surface area (Å²) in [6.45, 7) is 0. The molecule has 0 atom stereocenters. The second-order valence-corrected chi connectivity index (χ2v) is 3.77. The number of nitrogens with two attached hydrogens (primary N) is 1. The van der Waals surface area contributed by atoms with Gasteiger partial charge in [-0.25, -0.2) is 4.98 Å². The van der Waals surface area contributed by atoms with Gasteiger partial charge in [-0.1, -0.05) is 12.1 Å². The van der Waals surface area contributed by atoms with E-state index < -0.39 is 0 Å². The van der Waals surface area contributed by atoms with E-state index in [0.29, 0.717) is 23.0 Å². The lowest BCUT2D eigenvalue weighted by molar-refractivity contribution is 1.05. The normalized spacial score (nSPS) is 10.3. The number of nitrogen functional groups attached to an aromatic ring is 1. The van der Waals surface area contributed by atoms with Gasteiger partial charge in [0.1, 0.15) is 11.4 Å². The number of pyridine rings is 2. The van der Waals surface area contributed by atoms with Crippen LogP contribution in [0.3, 0.4) is 0 Å². The van der Waals surface area contributed by atoms with Crippen molar-refractivity contribution in [2.45, 2.75) is 0 Å². The van der Waals surface area contributed by atoms with Gasteiger partial charge in [0.15, 0.2) is 11.6 Å². The fourth-order valence-electron chi connectivity index (χ4n) is 1.61. The van der Waals surface area contributed by atoms with Crippen LogP contribution in [0, 0.1) is 0 Å². The van der Waals surface area contributed by atoms with Crippen LogP contribution in [0.1, 0.15) is 0 Å². The molecule has 19 heavy (non-hydrogen) atoms. The molecule has 0 aliphatic rings. The molecule has 0 bridgehead atoms. The highest BCUT2D eigenvalue weighted by Crippen LogP contribution is 2.17. The second kappa shape index (κ2) is 4.77. The molecule has 0 amide bonds. The molecule has 92 valence electrons. The van der Waals surface area contributed by atoms with Crippen LogP contribution in [0.25, 0.3) is 23.0 Å². The standard InChI is InChI=1S/C13H10N6/c14-13-18-11(9-5-1-3-7-15-9)17-12(19-13)10-6-2-4-8-16-10/h1-8H,(H2,14,17,18,19). The Hall–Kier alpha value is -2.89. The van der Waals surface area contributed by atoms with Gasteiger partial charge in [-0.05, 0) is 24.3 Å². The molecule has 0 aliphatic carbocycles. The van der Waals surface area contributed by atoms with Gasteiger partial charge in [0.2, 0.25) is 5.95 Å². The Morgan fingerprint density at radius 3 is 1.63 bits per heavy atom. The molecule has 3 aromatic rings. The zero-order chi connectivity index (χ0) is 13.1. The number of hydrogen-bond acceptors (Lipinski definition) is 6. The maximum Gasteiger partial charge on any atom is 0.224 e. The predicted molar refractivity (Wildman–Crippen MR) is 70.7 cm³/mol. The summed E-state index contributed by atoms with van der Waals surface area (Å²) in [6, 6.07) is 11.0. The molecule has 0 aliphatic heterocycles. The topological polar surface area (TPSA) is 90.5 Å². The first-order chi connectivity index (χ1) is 9.33. The molecule has 0 spiro atoms. The molecule has 6 nitrogen and oxygen atoms in total. The van der Waals surface area contributed by atoms with Crippen LogP contribution in [0.2, 0.25) is 0 Å². The van der Waals surface area contributed by atoms with Crippen molar-refractivity contribution >= 4 is 5.95 Å². The van der Waals surface area contributed by atoms with E-state index in [2.05, 4.69) is 24.9 Å². The van der Waals surface area contributed by atoms with Crippen molar-refractivity contribution in [2.75, 3.05) is 5.73 Å². The summed E-state index contributed by atoms with van der Waals surface area (Å²) in [7, 11) is 0. The van der Waals surface area contributed by atoms with Gasteiger partial charge in [-0.3, -0.25) is 9.97 Å². The Kier molecular flexibility index (Phi) is 2.82. The van der Waals surface area contributed by atoms with Gasteiger partial charge in [0, 0.05) is 12.4 Å². The van der Waals surface area contributed by atoms with Crippen LogP contribution >= 0.6 is 0 Å². The van der Waals surface area contributed by atoms with Crippen molar-refractivity contribution in [3.8, 4) is 23.0 Å². The summed E-state index contributed by atoms with van der Waals surface area (Å²) in [5.41, 5.74) is 7.01. The zero-order valence-corrected chi connectivity index (χ0v) is 9.93. The molecule has 6 heteroatoms. The van der Waals surface area contributed by atoms with Crippen LogP contribution in [0.5, 0.6) is 0 Å². The van der Waals surface area contributed by atoms with Crippen molar-refractivity contribution in [2.24, 2.45) is 0 Å². The van der Waals surface area contributed by atoms with Gasteiger partial charge < -0.3 is 5.73 Å². The van der Waals surface area contributed by atoms with Crippen LogP contribution in [0.4, 0.5) is 5.95 Å². The van der Waals surface area contributed by atoms with E-state index in [1.54, 1.807) is 12.4 Å². The first-order valence-electron chi connectivity index (χ1n) is 5.67. The van der Waals surface area contributed by atoms with Crippen LogP contribution < -0.4 is 5.73 Å². The fraction of sp³-hybridized carbons (Fsp3) is 0. The highest BCUT2D eigenvalue weighted by atomic mass is 15.1. The van der Waals surface area contributed by atoms with Crippen molar-refractivity contribution < 1.29 is 0 Å². The summed E-state index contributed by atoms with van der Waals surface area (Å²) in [5.74, 6) is 1.03. The molecule has 0 unspecified atom stereocenters. The summed E-state index contributed by atoms with van der Waals surface area (Å²) >= 11 is 0. The van der Waals surface area contributed by atoms with Gasteiger partial charge in [0.05, 0.1) is 0 Å². The average Bonchev–Trinajstić information content (AvgIpc) is 2.48. The molecule has 0 saturated heterocycles. The third kappa shape index (κ3) is 2.37. The molecule has 2 N–H and O–H groups in total. The molecular formula is C13H10N6. The summed E-state index contributed by atoms with van der Waals surface area (Å²) in [6.07, 6.45) is 3.35. The SMILES string of the molecule is Nc1nc(-c2ccccn2)nc(-c2ccccn2)n1. The molecule has 0 fully saturated rings. The number of aromatic nitrogens is 5. The third-order valence-electron chi connectivity index (χ3n) is 2.44. The average molecular weight is 250 g/mol. The van der Waals surface area contributed by atoms with Gasteiger partial charge in [-0.15, -0.1) is 0 Å². The highest BCUT2D eigenvalue weighted by Gasteiger charge is 2.09. The maximum atomic E-state index is 5.72. The Morgan fingerprint density at radius 1 is 0.684 bits per heavy atom. The monoisotopic (exact) mass is 250 g/mol. The molecule has 0 aromatic carbocycles. The maximum absolute atomic E-state index is 5.72. The second-order valence-electron chi connectivity index (χ2n) is 3.77. The Balaban J connectivity index is 2.12. The minimum absolute atomic E-state index is 0.149. The van der Waals surface area contributed by atoms with E-state index in [9.17, 15) is 0 Å². The molecule has 0 radical (unpaired) electrons. The molecular weight excluding hydrogens is 240 g/mol. The van der Waals surface area contributed by atoms with Crippen molar-refractivity contribution in [3.63, 3.8) is 0 Å².